The molecule has 18 heteroatoms. The third-order valence-corrected chi connectivity index (χ3v) is 22.7. The lowest BCUT2D eigenvalue weighted by atomic mass is 10.1. The molecule has 0 radical (unpaired) electrons. The Morgan fingerprint density at radius 1 is 0.333 bits per heavy atom. The van der Waals surface area contributed by atoms with Gasteiger partial charge in [0.05, 0.1) is 58.2 Å². The Hall–Kier alpha value is -8.70. The van der Waals surface area contributed by atoms with E-state index in [-0.39, 0.29) is 19.8 Å². The maximum Gasteiger partial charge on any atom is 0.279 e. The van der Waals surface area contributed by atoms with Crippen molar-refractivity contribution in [2.75, 3.05) is 80.4 Å². The van der Waals surface area contributed by atoms with Crippen LogP contribution in [0, 0.1) is 35.5 Å². The summed E-state index contributed by atoms with van der Waals surface area (Å²) >= 11 is 0. The Balaban J connectivity index is 1.06. The normalized spacial score (nSPS) is 14.9. The van der Waals surface area contributed by atoms with E-state index in [4.69, 9.17) is 42.7 Å². The summed E-state index contributed by atoms with van der Waals surface area (Å²) in [6.45, 7) is 10.6. The van der Waals surface area contributed by atoms with Crippen LogP contribution < -0.4 is 46.4 Å². The molecule has 0 spiro atoms. The van der Waals surface area contributed by atoms with Gasteiger partial charge in [-0.1, -0.05) is 90.1 Å². The van der Waals surface area contributed by atoms with Gasteiger partial charge in [-0.05, 0) is 166 Å². The van der Waals surface area contributed by atoms with E-state index in [1.807, 2.05) is 203 Å². The summed E-state index contributed by atoms with van der Waals surface area (Å²) in [6.07, 6.45) is 0. The number of hydrogen-bond donors (Lipinski definition) is 0. The number of benzene rings is 6. The van der Waals surface area contributed by atoms with Gasteiger partial charge in [-0.3, -0.25) is 28.4 Å². The van der Waals surface area contributed by atoms with Crippen LogP contribution in [-0.2, 0) is 46.9 Å². The molecule has 0 bridgehead atoms. The number of ether oxygens (including phenoxy) is 3. The Morgan fingerprint density at radius 3 is 0.796 bits per heavy atom. The van der Waals surface area contributed by atoms with E-state index in [0.717, 1.165) is 33.9 Å². The highest BCUT2D eigenvalue weighted by atomic mass is 31.2. The minimum absolute atomic E-state index is 0.191. The molecule has 474 valence electrons. The number of aromatic nitrogens is 3. The van der Waals surface area contributed by atoms with E-state index in [2.05, 4.69) is 50.2 Å². The molecule has 1 saturated heterocycles. The lowest BCUT2D eigenvalue weighted by Gasteiger charge is -2.26. The predicted octanol–water partition coefficient (Wildman–Crippen LogP) is 10.7. The summed E-state index contributed by atoms with van der Waals surface area (Å²) in [4.78, 5) is 22.6. The number of pyridine rings is 3. The van der Waals surface area contributed by atoms with Crippen LogP contribution >= 0.6 is 22.1 Å². The lowest BCUT2D eigenvalue weighted by molar-refractivity contribution is 0.207. The first-order valence-electron chi connectivity index (χ1n) is 30.9. The van der Waals surface area contributed by atoms with Crippen LogP contribution in [0.25, 0.3) is 0 Å². The molecule has 3 aromatic heterocycles. The van der Waals surface area contributed by atoms with Crippen LogP contribution in [0.3, 0.4) is 0 Å². The summed E-state index contributed by atoms with van der Waals surface area (Å²) in [5.74, 6) is 22.2. The Morgan fingerprint density at radius 2 is 0.570 bits per heavy atom. The quantitative estimate of drug-likeness (QED) is 0.0494. The fourth-order valence-corrected chi connectivity index (χ4v) is 16.8. The maximum atomic E-state index is 15.4. The number of nitrogens with zero attached hydrogens (tertiary/aromatic N) is 6. The van der Waals surface area contributed by atoms with Gasteiger partial charge in [-0.25, -0.2) is 15.0 Å². The Kier molecular flexibility index (Phi) is 23.3. The first-order chi connectivity index (χ1) is 45.3. The van der Waals surface area contributed by atoms with E-state index < -0.39 is 22.1 Å². The average Bonchev–Trinajstić information content (AvgIpc) is 0.883. The van der Waals surface area contributed by atoms with Crippen molar-refractivity contribution in [3.05, 3.63) is 251 Å². The molecule has 10 rings (SSSR count). The minimum atomic E-state index is -3.73. The second-order valence-corrected chi connectivity index (χ2v) is 28.8. The highest BCUT2D eigenvalue weighted by molar-refractivity contribution is 7.74. The van der Waals surface area contributed by atoms with Gasteiger partial charge in [0.1, 0.15) is 33.6 Å². The average molecular weight is 1300 g/mol. The van der Waals surface area contributed by atoms with E-state index in [0.29, 0.717) is 125 Å². The van der Waals surface area contributed by atoms with Crippen LogP contribution in [0.4, 0.5) is 0 Å². The molecule has 0 N–H and O–H groups in total. The second kappa shape index (κ2) is 32.2. The largest absolute Gasteiger partial charge is 0.497 e. The molecule has 3 unspecified atom stereocenters. The van der Waals surface area contributed by atoms with Gasteiger partial charge in [0.2, 0.25) is 0 Å². The van der Waals surface area contributed by atoms with E-state index in [9.17, 15) is 0 Å². The Bertz CT molecular complexity index is 3880. The molecule has 1 aliphatic rings. The van der Waals surface area contributed by atoms with Crippen LogP contribution in [-0.4, -0.2) is 110 Å². The van der Waals surface area contributed by atoms with Gasteiger partial charge in [0, 0.05) is 108 Å². The topological polar surface area (TPSA) is 155 Å². The zero-order valence-electron chi connectivity index (χ0n) is 53.2. The number of rotatable bonds is 21. The summed E-state index contributed by atoms with van der Waals surface area (Å²) in [5, 5.41) is 1.59. The van der Waals surface area contributed by atoms with E-state index in [1.165, 1.54) is 0 Å². The van der Waals surface area contributed by atoms with Crippen LogP contribution in [0.15, 0.2) is 200 Å². The van der Waals surface area contributed by atoms with Crippen molar-refractivity contribution in [2.24, 2.45) is 0 Å². The first kappa shape index (κ1) is 67.2. The van der Waals surface area contributed by atoms with E-state index in [1.54, 1.807) is 39.5 Å². The molecule has 0 saturated carbocycles. The summed E-state index contributed by atoms with van der Waals surface area (Å²) in [5.41, 5.74) is 7.09. The molecule has 0 amide bonds. The Labute approximate surface area is 546 Å². The molecule has 0 aliphatic carbocycles. The number of hydrogen-bond acceptors (Lipinski definition) is 15. The van der Waals surface area contributed by atoms with Crippen molar-refractivity contribution >= 4 is 54.3 Å². The summed E-state index contributed by atoms with van der Waals surface area (Å²) in [7, 11) is -6.32. The molecular formula is C75H75N6O9P3. The van der Waals surface area contributed by atoms with Crippen molar-refractivity contribution in [2.45, 2.75) is 40.4 Å². The van der Waals surface area contributed by atoms with Crippen LogP contribution in [0.2, 0.25) is 0 Å². The molecule has 6 aromatic carbocycles. The van der Waals surface area contributed by atoms with Crippen LogP contribution in [0.1, 0.15) is 71.2 Å². The predicted molar refractivity (Wildman–Crippen MR) is 370 cm³/mol. The van der Waals surface area contributed by atoms with Crippen molar-refractivity contribution in [1.82, 2.24) is 29.7 Å². The molecular weight excluding hydrogens is 1220 g/mol. The van der Waals surface area contributed by atoms with Gasteiger partial charge in [-0.15, -0.1) is 0 Å². The molecule has 1 fully saturated rings. The third kappa shape index (κ3) is 17.5. The van der Waals surface area contributed by atoms with Gasteiger partial charge in [0.25, 0.3) is 22.1 Å². The molecule has 15 nitrogen and oxygen atoms in total. The summed E-state index contributed by atoms with van der Waals surface area (Å²) < 4.78 is 81.2. The first-order valence-corrected chi connectivity index (χ1v) is 35.8. The number of methoxy groups -OCH3 is 3. The van der Waals surface area contributed by atoms with E-state index >= 15 is 13.7 Å². The monoisotopic (exact) mass is 1300 g/mol. The molecule has 4 heterocycles. The standard InChI is InChI=1S/C75H75N6O9P3/c1-7-88-91(82,70-19-13-10-14-20-70)73-52-61(28-25-58-31-37-67(85-4)38-32-58)49-64(76-73)55-79-43-45-80(56-65-50-62(29-26-59-33-39-68(86-5)40-34-59)53-74(77-65)92(83,89-8-2)71-21-15-11-16-22-71)47-48-81(46-44-79)57-66-51-63(30-27-60-35-41-69(87-6)42-36-60)54-75(78-66)93(84,90-9-3)72-23-17-12-18-24-72/h10-24,31-42,49-54H,7-9,43-48,55-57H2,1-6H3. The molecule has 1 aliphatic heterocycles. The van der Waals surface area contributed by atoms with Gasteiger partial charge < -0.3 is 27.8 Å². The lowest BCUT2D eigenvalue weighted by Crippen LogP contribution is -2.36. The molecule has 9 aromatic rings. The zero-order valence-corrected chi connectivity index (χ0v) is 55.9. The van der Waals surface area contributed by atoms with Crippen molar-refractivity contribution in [1.29, 1.82) is 0 Å². The molecule has 93 heavy (non-hydrogen) atoms. The van der Waals surface area contributed by atoms with Gasteiger partial charge >= 0.3 is 0 Å². The fraction of sp³-hybridized carbons (Fsp3) is 0.240. The highest BCUT2D eigenvalue weighted by Crippen LogP contribution is 2.46. The SMILES string of the molecule is CCOP(=O)(c1ccccc1)c1cc(C#Cc2ccc(OC)cc2)cc(CN2CCN(Cc3cc(C#Cc4ccc(OC)cc4)cc(P(=O)(OCC)c4ccccc4)n3)CCN(Cc3cc(C#Cc4ccc(OC)cc4)cc(P(=O)(OCC)c4ccccc4)n3)CC2)n1. The second-order valence-electron chi connectivity index (χ2n) is 21.8. The smallest absolute Gasteiger partial charge is 0.279 e. The van der Waals surface area contributed by atoms with Crippen molar-refractivity contribution < 1.29 is 41.5 Å². The van der Waals surface area contributed by atoms with Gasteiger partial charge in [-0.2, -0.15) is 0 Å². The minimum Gasteiger partial charge on any atom is -0.497 e. The highest BCUT2D eigenvalue weighted by Gasteiger charge is 2.34. The third-order valence-electron chi connectivity index (χ3n) is 15.4. The fourth-order valence-electron chi connectivity index (χ4n) is 10.7. The van der Waals surface area contributed by atoms with Crippen LogP contribution in [0.5, 0.6) is 17.2 Å². The zero-order chi connectivity index (χ0) is 65.1. The van der Waals surface area contributed by atoms with Gasteiger partial charge in [0.15, 0.2) is 0 Å². The molecule has 3 atom stereocenters. The summed E-state index contributed by atoms with van der Waals surface area (Å²) in [6, 6.07) is 61.5. The van der Waals surface area contributed by atoms with Crippen molar-refractivity contribution in [3.8, 4) is 52.8 Å². The maximum absolute atomic E-state index is 15.4. The van der Waals surface area contributed by atoms with Crippen molar-refractivity contribution in [3.63, 3.8) is 0 Å².